The average molecular weight is 418 g/mol. The van der Waals surface area contributed by atoms with Crippen LogP contribution in [-0.4, -0.2) is 21.9 Å². The van der Waals surface area contributed by atoms with Crippen molar-refractivity contribution in [3.8, 4) is 23.4 Å². The van der Waals surface area contributed by atoms with Crippen LogP contribution >= 0.6 is 0 Å². The molecule has 2 aromatic carbocycles. The van der Waals surface area contributed by atoms with Gasteiger partial charge in [-0.3, -0.25) is 20.2 Å². The van der Waals surface area contributed by atoms with Gasteiger partial charge in [0.2, 0.25) is 5.88 Å². The summed E-state index contributed by atoms with van der Waals surface area (Å²) in [5, 5.41) is 31.2. The van der Waals surface area contributed by atoms with E-state index in [2.05, 4.69) is 4.98 Å². The van der Waals surface area contributed by atoms with Crippen LogP contribution in [-0.2, 0) is 0 Å². The third-order valence-corrected chi connectivity index (χ3v) is 4.13. The number of methoxy groups -OCH3 is 1. The molecule has 0 aliphatic rings. The Morgan fingerprint density at radius 2 is 1.81 bits per heavy atom. The number of nitrogens with zero attached hydrogens (tertiary/aromatic N) is 4. The Hall–Kier alpha value is -4.78. The number of ether oxygens (including phenoxy) is 2. The van der Waals surface area contributed by atoms with Crippen LogP contribution in [0, 0.1) is 31.6 Å². The number of rotatable bonds is 7. The molecular formula is C21H14N4O6. The van der Waals surface area contributed by atoms with Crippen LogP contribution in [0.15, 0.2) is 60.8 Å². The first kappa shape index (κ1) is 20.9. The molecule has 0 N–H and O–H groups in total. The van der Waals surface area contributed by atoms with E-state index in [-0.39, 0.29) is 22.8 Å². The van der Waals surface area contributed by atoms with E-state index >= 15 is 0 Å². The summed E-state index contributed by atoms with van der Waals surface area (Å²) in [5.41, 5.74) is 0.965. The molecule has 0 spiro atoms. The monoisotopic (exact) mass is 418 g/mol. The molecule has 1 heterocycles. The molecule has 0 atom stereocenters. The van der Waals surface area contributed by atoms with E-state index in [1.165, 1.54) is 37.4 Å². The molecule has 3 rings (SSSR count). The van der Waals surface area contributed by atoms with Gasteiger partial charge in [-0.05, 0) is 29.3 Å². The highest BCUT2D eigenvalue weighted by Gasteiger charge is 2.12. The van der Waals surface area contributed by atoms with E-state index in [9.17, 15) is 25.5 Å². The number of non-ortho nitro benzene ring substituents is 1. The predicted molar refractivity (Wildman–Crippen MR) is 111 cm³/mol. The molecule has 10 nitrogen and oxygen atoms in total. The number of allylic oxidation sites excluding steroid dienone is 1. The summed E-state index contributed by atoms with van der Waals surface area (Å²) in [7, 11) is 1.44. The highest BCUT2D eigenvalue weighted by molar-refractivity contribution is 5.90. The highest BCUT2D eigenvalue weighted by atomic mass is 16.6. The maximum atomic E-state index is 11.0. The van der Waals surface area contributed by atoms with Crippen LogP contribution in [0.4, 0.5) is 11.4 Å². The summed E-state index contributed by atoms with van der Waals surface area (Å²) in [4.78, 5) is 24.5. The maximum absolute atomic E-state index is 11.0. The topological polar surface area (TPSA) is 141 Å². The zero-order valence-corrected chi connectivity index (χ0v) is 16.1. The number of nitriles is 1. The standard InChI is InChI=1S/C21H14N4O6/c1-30-20-10-14(9-16(12-22)15-3-2-4-17(11-15)24(26)27)5-7-19(20)31-21-8-6-18(13-23-21)25(28)29/h2-11,13H,1H3/b16-9-. The number of nitro groups is 2. The van der Waals surface area contributed by atoms with Crippen molar-refractivity contribution < 1.29 is 19.3 Å². The minimum absolute atomic E-state index is 0.115. The van der Waals surface area contributed by atoms with Crippen LogP contribution in [0.1, 0.15) is 11.1 Å². The number of hydrogen-bond donors (Lipinski definition) is 0. The largest absolute Gasteiger partial charge is 0.493 e. The molecule has 1 aromatic heterocycles. The fraction of sp³-hybridized carbons (Fsp3) is 0.0476. The molecular weight excluding hydrogens is 404 g/mol. The van der Waals surface area contributed by atoms with Crippen molar-refractivity contribution in [2.45, 2.75) is 0 Å². The lowest BCUT2D eigenvalue weighted by atomic mass is 10.0. The minimum atomic E-state index is -0.563. The first-order valence-corrected chi connectivity index (χ1v) is 8.74. The van der Waals surface area contributed by atoms with Crippen LogP contribution in [0.3, 0.4) is 0 Å². The van der Waals surface area contributed by atoms with E-state index < -0.39 is 9.85 Å². The van der Waals surface area contributed by atoms with Crippen molar-refractivity contribution >= 4 is 23.0 Å². The van der Waals surface area contributed by atoms with Crippen molar-refractivity contribution in [3.05, 3.63) is 92.1 Å². The maximum Gasteiger partial charge on any atom is 0.287 e. The Morgan fingerprint density at radius 1 is 1.03 bits per heavy atom. The van der Waals surface area contributed by atoms with Gasteiger partial charge >= 0.3 is 0 Å². The highest BCUT2D eigenvalue weighted by Crippen LogP contribution is 2.33. The fourth-order valence-corrected chi connectivity index (χ4v) is 2.65. The summed E-state index contributed by atoms with van der Waals surface area (Å²) in [6.45, 7) is 0. The first-order valence-electron chi connectivity index (χ1n) is 8.74. The number of benzene rings is 2. The molecule has 31 heavy (non-hydrogen) atoms. The van der Waals surface area contributed by atoms with Gasteiger partial charge in [0.15, 0.2) is 11.5 Å². The van der Waals surface area contributed by atoms with Crippen LogP contribution < -0.4 is 9.47 Å². The molecule has 0 unspecified atom stereocenters. The molecule has 3 aromatic rings. The molecule has 154 valence electrons. The Bertz CT molecular complexity index is 1220. The van der Waals surface area contributed by atoms with Crippen molar-refractivity contribution in [1.82, 2.24) is 4.98 Å². The Balaban J connectivity index is 1.89. The summed E-state index contributed by atoms with van der Waals surface area (Å²) >= 11 is 0. The molecule has 0 radical (unpaired) electrons. The van der Waals surface area contributed by atoms with E-state index in [1.807, 2.05) is 6.07 Å². The van der Waals surface area contributed by atoms with E-state index in [4.69, 9.17) is 9.47 Å². The van der Waals surface area contributed by atoms with Gasteiger partial charge in [-0.15, -0.1) is 0 Å². The molecule has 0 aliphatic carbocycles. The normalized spacial score (nSPS) is 10.8. The van der Waals surface area contributed by atoms with Crippen molar-refractivity contribution in [1.29, 1.82) is 5.26 Å². The molecule has 0 saturated carbocycles. The second-order valence-electron chi connectivity index (χ2n) is 6.10. The number of aromatic nitrogens is 1. The second kappa shape index (κ2) is 9.15. The van der Waals surface area contributed by atoms with Gasteiger partial charge in [-0.25, -0.2) is 4.98 Å². The van der Waals surface area contributed by atoms with Gasteiger partial charge in [0.1, 0.15) is 6.20 Å². The number of nitro benzene ring substituents is 1. The van der Waals surface area contributed by atoms with Gasteiger partial charge < -0.3 is 9.47 Å². The molecule has 0 amide bonds. The van der Waals surface area contributed by atoms with Crippen molar-refractivity contribution in [2.75, 3.05) is 7.11 Å². The van der Waals surface area contributed by atoms with E-state index in [0.717, 1.165) is 6.20 Å². The molecule has 0 saturated heterocycles. The number of pyridine rings is 1. The van der Waals surface area contributed by atoms with Crippen molar-refractivity contribution in [3.63, 3.8) is 0 Å². The smallest absolute Gasteiger partial charge is 0.287 e. The molecule has 0 bridgehead atoms. The summed E-state index contributed by atoms with van der Waals surface area (Å²) in [5.74, 6) is 0.793. The number of hydrogen-bond acceptors (Lipinski definition) is 8. The Labute approximate surface area is 175 Å². The Kier molecular flexibility index (Phi) is 6.18. The van der Waals surface area contributed by atoms with Crippen LogP contribution in [0.2, 0.25) is 0 Å². The molecule has 0 aliphatic heterocycles. The third kappa shape index (κ3) is 4.99. The zero-order chi connectivity index (χ0) is 22.4. The summed E-state index contributed by atoms with van der Waals surface area (Å²) < 4.78 is 11.0. The second-order valence-corrected chi connectivity index (χ2v) is 6.10. The predicted octanol–water partition coefficient (Wildman–Crippen LogP) is 4.76. The fourth-order valence-electron chi connectivity index (χ4n) is 2.65. The lowest BCUT2D eigenvalue weighted by molar-refractivity contribution is -0.385. The van der Waals surface area contributed by atoms with Gasteiger partial charge in [0.05, 0.1) is 28.6 Å². The third-order valence-electron chi connectivity index (χ3n) is 4.13. The summed E-state index contributed by atoms with van der Waals surface area (Å²) in [6.07, 6.45) is 2.65. The molecule has 0 fully saturated rings. The summed E-state index contributed by atoms with van der Waals surface area (Å²) in [6, 6.07) is 15.3. The van der Waals surface area contributed by atoms with Crippen LogP contribution in [0.25, 0.3) is 11.6 Å². The minimum Gasteiger partial charge on any atom is -0.493 e. The quantitative estimate of drug-likeness (QED) is 0.231. The van der Waals surface area contributed by atoms with Crippen LogP contribution in [0.5, 0.6) is 17.4 Å². The average Bonchev–Trinajstić information content (AvgIpc) is 2.78. The molecule has 10 heteroatoms. The van der Waals surface area contributed by atoms with Gasteiger partial charge in [-0.1, -0.05) is 18.2 Å². The van der Waals surface area contributed by atoms with E-state index in [1.54, 1.807) is 30.3 Å². The first-order chi connectivity index (χ1) is 14.9. The lowest BCUT2D eigenvalue weighted by Crippen LogP contribution is -1.94. The van der Waals surface area contributed by atoms with Gasteiger partial charge in [0.25, 0.3) is 11.4 Å². The Morgan fingerprint density at radius 3 is 2.42 bits per heavy atom. The van der Waals surface area contributed by atoms with Crippen molar-refractivity contribution in [2.24, 2.45) is 0 Å². The van der Waals surface area contributed by atoms with E-state index in [0.29, 0.717) is 22.6 Å². The van der Waals surface area contributed by atoms with Gasteiger partial charge in [0, 0.05) is 24.3 Å². The lowest BCUT2D eigenvalue weighted by Gasteiger charge is -2.10. The SMILES string of the molecule is COc1cc(/C=C(/C#N)c2cccc([N+](=O)[O-])c2)ccc1Oc1ccc([N+](=O)[O-])cn1. The zero-order valence-electron chi connectivity index (χ0n) is 16.1. The van der Waals surface area contributed by atoms with Gasteiger partial charge in [-0.2, -0.15) is 5.26 Å².